The highest BCUT2D eigenvalue weighted by Crippen LogP contribution is 2.40. The van der Waals surface area contributed by atoms with Gasteiger partial charge in [0.05, 0.1) is 11.5 Å². The summed E-state index contributed by atoms with van der Waals surface area (Å²) in [5, 5.41) is 12.3. The Kier molecular flexibility index (Phi) is 7.20. The zero-order valence-electron chi connectivity index (χ0n) is 21.1. The number of allylic oxidation sites excluding steroid dienone is 4. The minimum absolute atomic E-state index is 0.0358. The van der Waals surface area contributed by atoms with Crippen LogP contribution in [0.1, 0.15) is 50.9 Å². The summed E-state index contributed by atoms with van der Waals surface area (Å²) in [4.78, 5) is 32.3. The SMILES string of the molecule is CCC(NC(=O)c1cn(C2(C)C(F)=CC(F)=CC2F)c2nc(N3CC[C@H](O)C3)c(F)cc2c1=O)C(C)C. The Morgan fingerprint density at radius 3 is 2.59 bits per heavy atom. The number of alkyl halides is 1. The van der Waals surface area contributed by atoms with Gasteiger partial charge in [-0.1, -0.05) is 20.8 Å². The molecule has 1 saturated heterocycles. The van der Waals surface area contributed by atoms with E-state index in [1.807, 2.05) is 20.8 Å². The van der Waals surface area contributed by atoms with Gasteiger partial charge in [0, 0.05) is 31.4 Å². The van der Waals surface area contributed by atoms with Gasteiger partial charge < -0.3 is 19.9 Å². The second-order valence-corrected chi connectivity index (χ2v) is 10.1. The van der Waals surface area contributed by atoms with Gasteiger partial charge in [-0.15, -0.1) is 0 Å². The molecule has 200 valence electrons. The standard InChI is InChI=1S/C26H30F4N4O3/c1-5-19(13(2)3)31-25(37)17-12-34(26(4)20(29)8-14(27)9-21(26)30)23-16(22(17)36)10-18(28)24(32-23)33-7-6-15(35)11-33/h8-10,12-13,15,19-20,35H,5-7,11H2,1-4H3,(H,31,37)/t15-,19?,20?,26?/m0/s1. The molecule has 4 rings (SSSR count). The molecule has 3 heterocycles. The van der Waals surface area contributed by atoms with E-state index in [1.54, 1.807) is 0 Å². The average Bonchev–Trinajstić information content (AvgIpc) is 3.26. The molecule has 4 atom stereocenters. The average molecular weight is 523 g/mol. The van der Waals surface area contributed by atoms with Gasteiger partial charge in [-0.05, 0) is 37.8 Å². The highest BCUT2D eigenvalue weighted by molar-refractivity contribution is 5.97. The first-order chi connectivity index (χ1) is 17.4. The summed E-state index contributed by atoms with van der Waals surface area (Å²) in [6, 6.07) is 0.595. The number of aromatic nitrogens is 2. The number of fused-ring (bicyclic) bond motifs is 1. The second-order valence-electron chi connectivity index (χ2n) is 10.1. The van der Waals surface area contributed by atoms with E-state index in [4.69, 9.17) is 0 Å². The Morgan fingerprint density at radius 2 is 2.03 bits per heavy atom. The number of aliphatic hydroxyl groups excluding tert-OH is 1. The summed E-state index contributed by atoms with van der Waals surface area (Å²) in [5.41, 5.74) is -3.80. The molecular formula is C26H30F4N4O3. The molecule has 11 heteroatoms. The Morgan fingerprint density at radius 1 is 1.32 bits per heavy atom. The molecule has 0 bridgehead atoms. The van der Waals surface area contributed by atoms with Crippen molar-refractivity contribution in [2.75, 3.05) is 18.0 Å². The van der Waals surface area contributed by atoms with Gasteiger partial charge >= 0.3 is 0 Å². The quantitative estimate of drug-likeness (QED) is 0.560. The molecule has 0 spiro atoms. The van der Waals surface area contributed by atoms with Crippen molar-refractivity contribution in [3.63, 3.8) is 0 Å². The van der Waals surface area contributed by atoms with E-state index in [-0.39, 0.29) is 41.9 Å². The van der Waals surface area contributed by atoms with Gasteiger partial charge in [-0.2, -0.15) is 0 Å². The zero-order chi connectivity index (χ0) is 27.2. The normalized spacial score (nSPS) is 24.9. The lowest BCUT2D eigenvalue weighted by molar-refractivity contribution is 0.0921. The van der Waals surface area contributed by atoms with E-state index in [0.717, 1.165) is 23.8 Å². The van der Waals surface area contributed by atoms with Crippen molar-refractivity contribution >= 4 is 22.8 Å². The fourth-order valence-corrected chi connectivity index (χ4v) is 4.87. The fourth-order valence-electron chi connectivity index (χ4n) is 4.87. The summed E-state index contributed by atoms with van der Waals surface area (Å²) >= 11 is 0. The van der Waals surface area contributed by atoms with Gasteiger partial charge in [-0.3, -0.25) is 9.59 Å². The molecule has 1 amide bonds. The van der Waals surface area contributed by atoms with Gasteiger partial charge in [0.1, 0.15) is 28.4 Å². The van der Waals surface area contributed by atoms with Crippen molar-refractivity contribution in [1.82, 2.24) is 14.9 Å². The first-order valence-corrected chi connectivity index (χ1v) is 12.3. The number of aliphatic hydroxyl groups is 1. The lowest BCUT2D eigenvalue weighted by atomic mass is 9.88. The Hall–Kier alpha value is -3.21. The molecule has 3 unspecified atom stereocenters. The summed E-state index contributed by atoms with van der Waals surface area (Å²) in [6.45, 7) is 7.14. The molecule has 0 radical (unpaired) electrons. The number of carbonyl (C=O) groups excluding carboxylic acids is 1. The zero-order valence-corrected chi connectivity index (χ0v) is 21.1. The van der Waals surface area contributed by atoms with Crippen LogP contribution < -0.4 is 15.6 Å². The minimum Gasteiger partial charge on any atom is -0.391 e. The molecule has 7 nitrogen and oxygen atoms in total. The predicted octanol–water partition coefficient (Wildman–Crippen LogP) is 4.04. The summed E-state index contributed by atoms with van der Waals surface area (Å²) in [6.07, 6.45) is 0.0904. The third-order valence-electron chi connectivity index (χ3n) is 7.27. The van der Waals surface area contributed by atoms with Crippen LogP contribution >= 0.6 is 0 Å². The third-order valence-corrected chi connectivity index (χ3v) is 7.27. The lowest BCUT2D eigenvalue weighted by Crippen LogP contribution is -2.44. The van der Waals surface area contributed by atoms with Crippen LogP contribution in [0, 0.1) is 11.7 Å². The number of amides is 1. The van der Waals surface area contributed by atoms with E-state index in [1.165, 1.54) is 4.90 Å². The van der Waals surface area contributed by atoms with Crippen molar-refractivity contribution < 1.29 is 27.5 Å². The van der Waals surface area contributed by atoms with Crippen molar-refractivity contribution in [1.29, 1.82) is 0 Å². The molecule has 2 aromatic heterocycles. The fraction of sp³-hybridized carbons (Fsp3) is 0.500. The maximum Gasteiger partial charge on any atom is 0.257 e. The molecule has 0 aromatic carbocycles. The number of nitrogens with zero attached hydrogens (tertiary/aromatic N) is 3. The number of rotatable bonds is 6. The Labute approximate surface area is 211 Å². The van der Waals surface area contributed by atoms with Gasteiger partial charge in [0.2, 0.25) is 5.43 Å². The van der Waals surface area contributed by atoms with Crippen molar-refractivity contribution in [3.8, 4) is 0 Å². The van der Waals surface area contributed by atoms with Crippen LogP contribution in [-0.2, 0) is 5.54 Å². The van der Waals surface area contributed by atoms with Gasteiger partial charge in [0.15, 0.2) is 17.8 Å². The van der Waals surface area contributed by atoms with Crippen LogP contribution in [0.25, 0.3) is 11.0 Å². The number of pyridine rings is 2. The largest absolute Gasteiger partial charge is 0.391 e. The second kappa shape index (κ2) is 9.92. The predicted molar refractivity (Wildman–Crippen MR) is 132 cm³/mol. The maximum absolute atomic E-state index is 15.3. The minimum atomic E-state index is -2.23. The number of β-amino-alcohol motifs (C(OH)–C–C–N with tert-alkyl or cyclic N) is 1. The molecular weight excluding hydrogens is 492 g/mol. The molecule has 0 saturated carbocycles. The van der Waals surface area contributed by atoms with Crippen molar-refractivity contribution in [2.24, 2.45) is 5.92 Å². The van der Waals surface area contributed by atoms with Crippen LogP contribution in [0.5, 0.6) is 0 Å². The smallest absolute Gasteiger partial charge is 0.257 e. The third kappa shape index (κ3) is 4.65. The van der Waals surface area contributed by atoms with E-state index >= 15 is 13.2 Å². The molecule has 2 aliphatic rings. The summed E-state index contributed by atoms with van der Waals surface area (Å²) in [7, 11) is 0. The molecule has 37 heavy (non-hydrogen) atoms. The number of hydrogen-bond acceptors (Lipinski definition) is 5. The van der Waals surface area contributed by atoms with Crippen LogP contribution in [-0.4, -0.2) is 52.0 Å². The number of halogens is 4. The van der Waals surface area contributed by atoms with Crippen LogP contribution in [0.3, 0.4) is 0 Å². The summed E-state index contributed by atoms with van der Waals surface area (Å²) < 4.78 is 60.6. The highest BCUT2D eigenvalue weighted by atomic mass is 19.2. The van der Waals surface area contributed by atoms with Crippen LogP contribution in [0.15, 0.2) is 40.9 Å². The number of carbonyl (C=O) groups is 1. The first-order valence-electron chi connectivity index (χ1n) is 12.3. The van der Waals surface area contributed by atoms with E-state index in [9.17, 15) is 19.1 Å². The number of nitrogens with one attached hydrogen (secondary N) is 1. The molecule has 1 aliphatic heterocycles. The Balaban J connectivity index is 1.99. The maximum atomic E-state index is 15.3. The first kappa shape index (κ1) is 26.8. The van der Waals surface area contributed by atoms with Gasteiger partial charge in [0.25, 0.3) is 5.91 Å². The molecule has 2 N–H and O–H groups in total. The van der Waals surface area contributed by atoms with E-state index < -0.39 is 52.2 Å². The van der Waals surface area contributed by atoms with E-state index in [0.29, 0.717) is 25.0 Å². The lowest BCUT2D eigenvalue weighted by Gasteiger charge is -2.36. The molecule has 1 fully saturated rings. The van der Waals surface area contributed by atoms with Crippen LogP contribution in [0.2, 0.25) is 0 Å². The Bertz CT molecular complexity index is 1360. The topological polar surface area (TPSA) is 87.5 Å². The van der Waals surface area contributed by atoms with Gasteiger partial charge in [-0.25, -0.2) is 22.5 Å². The number of anilines is 1. The highest BCUT2D eigenvalue weighted by Gasteiger charge is 2.44. The van der Waals surface area contributed by atoms with E-state index in [2.05, 4.69) is 10.3 Å². The molecule has 1 aliphatic carbocycles. The molecule has 2 aromatic rings. The van der Waals surface area contributed by atoms with Crippen molar-refractivity contribution in [3.05, 3.63) is 57.7 Å². The monoisotopic (exact) mass is 522 g/mol. The number of hydrogen-bond donors (Lipinski definition) is 2. The van der Waals surface area contributed by atoms with Crippen LogP contribution in [0.4, 0.5) is 23.4 Å². The van der Waals surface area contributed by atoms with Crippen molar-refractivity contribution in [2.45, 2.75) is 64.4 Å². The summed E-state index contributed by atoms with van der Waals surface area (Å²) in [5.74, 6) is -4.15.